The predicted molar refractivity (Wildman–Crippen MR) is 83.7 cm³/mol. The second-order valence-electron chi connectivity index (χ2n) is 5.67. The van der Waals surface area contributed by atoms with Crippen LogP contribution in [0.5, 0.6) is 0 Å². The van der Waals surface area contributed by atoms with E-state index in [1.54, 1.807) is 6.33 Å². The van der Waals surface area contributed by atoms with Gasteiger partial charge in [0.05, 0.1) is 6.54 Å². The Morgan fingerprint density at radius 2 is 1.95 bits per heavy atom. The van der Waals surface area contributed by atoms with Gasteiger partial charge in [-0.3, -0.25) is 0 Å². The summed E-state index contributed by atoms with van der Waals surface area (Å²) < 4.78 is 1.98. The first-order chi connectivity index (χ1) is 9.58. The van der Waals surface area contributed by atoms with Crippen LogP contribution in [0.4, 0.5) is 0 Å². The Hall–Kier alpha value is -0.940. The van der Waals surface area contributed by atoms with Crippen LogP contribution in [0.2, 0.25) is 0 Å². The van der Waals surface area contributed by atoms with E-state index in [0.717, 1.165) is 25.5 Å². The van der Waals surface area contributed by atoms with Crippen LogP contribution >= 0.6 is 0 Å². The van der Waals surface area contributed by atoms with Gasteiger partial charge in [0, 0.05) is 12.1 Å². The summed E-state index contributed by atoms with van der Waals surface area (Å²) in [5.41, 5.74) is 0. The Morgan fingerprint density at radius 1 is 1.25 bits per heavy atom. The maximum atomic E-state index is 4.33. The van der Waals surface area contributed by atoms with Crippen LogP contribution in [0, 0.1) is 0 Å². The molecule has 1 atom stereocenters. The molecule has 1 unspecified atom stereocenters. The first kappa shape index (κ1) is 17.1. The van der Waals surface area contributed by atoms with Crippen LogP contribution in [0.25, 0.3) is 0 Å². The molecule has 1 aromatic heterocycles. The molecule has 5 nitrogen and oxygen atoms in total. The normalized spacial score (nSPS) is 13.3. The molecule has 1 N–H and O–H groups in total. The third-order valence-corrected chi connectivity index (χ3v) is 3.75. The Labute approximate surface area is 123 Å². The number of nitrogens with zero attached hydrogens (tertiary/aromatic N) is 4. The zero-order valence-electron chi connectivity index (χ0n) is 13.8. The van der Waals surface area contributed by atoms with E-state index in [2.05, 4.69) is 54.9 Å². The molecule has 0 spiro atoms. The highest BCUT2D eigenvalue weighted by molar-refractivity contribution is 4.86. The molecule has 5 heteroatoms. The summed E-state index contributed by atoms with van der Waals surface area (Å²) >= 11 is 0. The largest absolute Gasteiger partial charge is 0.307 e. The second-order valence-corrected chi connectivity index (χ2v) is 5.67. The van der Waals surface area contributed by atoms with Gasteiger partial charge in [0.15, 0.2) is 0 Å². The van der Waals surface area contributed by atoms with Crippen LogP contribution in [-0.2, 0) is 6.54 Å². The Balaban J connectivity index is 2.26. The molecule has 0 aliphatic rings. The molecule has 0 fully saturated rings. The minimum atomic E-state index is 0.368. The van der Waals surface area contributed by atoms with Crippen LogP contribution in [0.15, 0.2) is 6.33 Å². The lowest BCUT2D eigenvalue weighted by molar-refractivity contribution is 0.290. The quantitative estimate of drug-likeness (QED) is 0.715. The van der Waals surface area contributed by atoms with Crippen LogP contribution < -0.4 is 5.32 Å². The molecule has 0 saturated carbocycles. The number of hydrogen-bond acceptors (Lipinski definition) is 4. The van der Waals surface area contributed by atoms with E-state index in [4.69, 9.17) is 0 Å². The van der Waals surface area contributed by atoms with Crippen molar-refractivity contribution in [3.8, 4) is 0 Å². The average Bonchev–Trinajstić information content (AvgIpc) is 2.90. The van der Waals surface area contributed by atoms with E-state index in [1.807, 2.05) is 4.68 Å². The predicted octanol–water partition coefficient (Wildman–Crippen LogP) is 2.46. The van der Waals surface area contributed by atoms with Crippen molar-refractivity contribution in [3.05, 3.63) is 12.2 Å². The lowest BCUT2D eigenvalue weighted by Gasteiger charge is -2.20. The number of nitrogens with one attached hydrogen (secondary N) is 1. The standard InChI is InChI=1S/C15H31N5/c1-6-19(7-2)10-8-9-14(5)16-11-15-17-12-18-20(15)13(3)4/h12-14,16H,6-11H2,1-5H3. The van der Waals surface area contributed by atoms with Crippen molar-refractivity contribution in [2.24, 2.45) is 0 Å². The van der Waals surface area contributed by atoms with E-state index < -0.39 is 0 Å². The summed E-state index contributed by atoms with van der Waals surface area (Å²) in [6, 6.07) is 0.884. The van der Waals surface area contributed by atoms with Gasteiger partial charge in [-0.25, -0.2) is 9.67 Å². The van der Waals surface area contributed by atoms with Crippen molar-refractivity contribution >= 4 is 0 Å². The average molecular weight is 281 g/mol. The molecule has 0 aromatic carbocycles. The first-order valence-electron chi connectivity index (χ1n) is 7.92. The summed E-state index contributed by atoms with van der Waals surface area (Å²) in [6.45, 7) is 15.3. The summed E-state index contributed by atoms with van der Waals surface area (Å²) in [7, 11) is 0. The van der Waals surface area contributed by atoms with Gasteiger partial charge in [-0.15, -0.1) is 0 Å². The van der Waals surface area contributed by atoms with Crippen LogP contribution in [-0.4, -0.2) is 45.3 Å². The van der Waals surface area contributed by atoms with Crippen molar-refractivity contribution in [2.45, 2.75) is 66.1 Å². The SMILES string of the molecule is CCN(CC)CCCC(C)NCc1ncnn1C(C)C. The summed E-state index contributed by atoms with van der Waals surface area (Å²) in [5.74, 6) is 1.02. The first-order valence-corrected chi connectivity index (χ1v) is 7.92. The Morgan fingerprint density at radius 3 is 2.55 bits per heavy atom. The molecule has 1 aromatic rings. The minimum Gasteiger partial charge on any atom is -0.307 e. The molecule has 0 radical (unpaired) electrons. The van der Waals surface area contributed by atoms with Crippen molar-refractivity contribution < 1.29 is 0 Å². The summed E-state index contributed by atoms with van der Waals surface area (Å²) in [5, 5.41) is 7.81. The van der Waals surface area contributed by atoms with Gasteiger partial charge in [-0.2, -0.15) is 5.10 Å². The van der Waals surface area contributed by atoms with Gasteiger partial charge >= 0.3 is 0 Å². The summed E-state index contributed by atoms with van der Waals surface area (Å²) in [4.78, 5) is 6.80. The molecule has 0 aliphatic carbocycles. The molecule has 0 saturated heterocycles. The van der Waals surface area contributed by atoms with Gasteiger partial charge in [0.2, 0.25) is 0 Å². The maximum absolute atomic E-state index is 4.33. The fourth-order valence-electron chi connectivity index (χ4n) is 2.36. The molecule has 20 heavy (non-hydrogen) atoms. The molecule has 1 rings (SSSR count). The zero-order chi connectivity index (χ0) is 15.0. The van der Waals surface area contributed by atoms with E-state index in [9.17, 15) is 0 Å². The molecular weight excluding hydrogens is 250 g/mol. The van der Waals surface area contributed by atoms with Crippen molar-refractivity contribution in [3.63, 3.8) is 0 Å². The van der Waals surface area contributed by atoms with E-state index in [-0.39, 0.29) is 0 Å². The van der Waals surface area contributed by atoms with Crippen LogP contribution in [0.3, 0.4) is 0 Å². The fraction of sp³-hybridized carbons (Fsp3) is 0.867. The van der Waals surface area contributed by atoms with Gasteiger partial charge in [-0.1, -0.05) is 13.8 Å². The van der Waals surface area contributed by atoms with Crippen molar-refractivity contribution in [1.29, 1.82) is 0 Å². The van der Waals surface area contributed by atoms with Gasteiger partial charge in [-0.05, 0) is 53.2 Å². The van der Waals surface area contributed by atoms with E-state index in [1.165, 1.54) is 19.4 Å². The molecule has 0 bridgehead atoms. The Kier molecular flexibility index (Phi) is 7.77. The monoisotopic (exact) mass is 281 g/mol. The van der Waals surface area contributed by atoms with Gasteiger partial charge < -0.3 is 10.2 Å². The Bertz CT molecular complexity index is 357. The zero-order valence-corrected chi connectivity index (χ0v) is 13.8. The highest BCUT2D eigenvalue weighted by atomic mass is 15.4. The maximum Gasteiger partial charge on any atom is 0.141 e. The second kappa shape index (κ2) is 9.08. The van der Waals surface area contributed by atoms with Crippen LogP contribution in [0.1, 0.15) is 59.3 Å². The molecule has 1 heterocycles. The molecule has 0 amide bonds. The van der Waals surface area contributed by atoms with Gasteiger partial charge in [0.25, 0.3) is 0 Å². The third-order valence-electron chi connectivity index (χ3n) is 3.75. The molecule has 0 aliphatic heterocycles. The lowest BCUT2D eigenvalue weighted by atomic mass is 10.1. The topological polar surface area (TPSA) is 46.0 Å². The molecular formula is C15H31N5. The number of hydrogen-bond donors (Lipinski definition) is 1. The van der Waals surface area contributed by atoms with E-state index >= 15 is 0 Å². The fourth-order valence-corrected chi connectivity index (χ4v) is 2.36. The summed E-state index contributed by atoms with van der Waals surface area (Å²) in [6.07, 6.45) is 4.08. The molecule has 116 valence electrons. The van der Waals surface area contributed by atoms with Gasteiger partial charge in [0.1, 0.15) is 12.2 Å². The smallest absolute Gasteiger partial charge is 0.141 e. The minimum absolute atomic E-state index is 0.368. The van der Waals surface area contributed by atoms with Crippen molar-refractivity contribution in [2.75, 3.05) is 19.6 Å². The van der Waals surface area contributed by atoms with E-state index in [0.29, 0.717) is 12.1 Å². The highest BCUT2D eigenvalue weighted by Gasteiger charge is 2.09. The third kappa shape index (κ3) is 5.59. The highest BCUT2D eigenvalue weighted by Crippen LogP contribution is 2.06. The van der Waals surface area contributed by atoms with Crippen molar-refractivity contribution in [1.82, 2.24) is 25.0 Å². The lowest BCUT2D eigenvalue weighted by Crippen LogP contribution is -2.29. The number of aromatic nitrogens is 3. The number of rotatable bonds is 10.